The van der Waals surface area contributed by atoms with Crippen LogP contribution in [0.1, 0.15) is 63.3 Å². The highest BCUT2D eigenvalue weighted by Gasteiger charge is 2.28. The second-order valence-electron chi connectivity index (χ2n) is 7.44. The van der Waals surface area contributed by atoms with Gasteiger partial charge in [-0.15, -0.1) is 0 Å². The lowest BCUT2D eigenvalue weighted by atomic mass is 10.0. The summed E-state index contributed by atoms with van der Waals surface area (Å²) < 4.78 is 0. The monoisotopic (exact) mass is 301 g/mol. The first-order valence-electron chi connectivity index (χ1n) is 9.11. The fourth-order valence-electron chi connectivity index (χ4n) is 4.08. The predicted molar refractivity (Wildman–Crippen MR) is 93.4 cm³/mol. The van der Waals surface area contributed by atoms with Crippen molar-refractivity contribution >= 4 is 5.82 Å². The molecule has 2 aliphatic heterocycles. The Morgan fingerprint density at radius 2 is 1.86 bits per heavy atom. The van der Waals surface area contributed by atoms with Gasteiger partial charge in [0.25, 0.3) is 0 Å². The van der Waals surface area contributed by atoms with E-state index >= 15 is 0 Å². The summed E-state index contributed by atoms with van der Waals surface area (Å²) in [4.78, 5) is 10.1. The molecule has 0 bridgehead atoms. The molecule has 0 saturated carbocycles. The van der Waals surface area contributed by atoms with Crippen LogP contribution in [0.2, 0.25) is 0 Å². The molecule has 3 rings (SSSR count). The molecule has 22 heavy (non-hydrogen) atoms. The third kappa shape index (κ3) is 3.45. The number of likely N-dealkylation sites (tertiary alicyclic amines) is 1. The third-order valence-electron chi connectivity index (χ3n) is 5.11. The van der Waals surface area contributed by atoms with Crippen LogP contribution in [0.4, 0.5) is 5.82 Å². The van der Waals surface area contributed by atoms with Gasteiger partial charge in [0, 0.05) is 31.4 Å². The Bertz CT molecular complexity index is 491. The zero-order valence-corrected chi connectivity index (χ0v) is 14.5. The van der Waals surface area contributed by atoms with E-state index in [1.54, 1.807) is 0 Å². The SMILES string of the molecule is Cc1nc(N2CCCCC2)ccc1C1CCCN1CC(C)C. The topological polar surface area (TPSA) is 19.4 Å². The van der Waals surface area contributed by atoms with Gasteiger partial charge in [-0.2, -0.15) is 0 Å². The molecule has 2 fully saturated rings. The first-order chi connectivity index (χ1) is 10.6. The Labute approximate surface area is 135 Å². The highest BCUT2D eigenvalue weighted by atomic mass is 15.2. The van der Waals surface area contributed by atoms with Crippen molar-refractivity contribution in [3.63, 3.8) is 0 Å². The van der Waals surface area contributed by atoms with Crippen LogP contribution in [0.25, 0.3) is 0 Å². The normalized spacial score (nSPS) is 23.5. The van der Waals surface area contributed by atoms with Gasteiger partial charge in [0.2, 0.25) is 0 Å². The number of pyridine rings is 1. The molecule has 1 unspecified atom stereocenters. The molecule has 2 aliphatic rings. The van der Waals surface area contributed by atoms with Crippen LogP contribution in [-0.4, -0.2) is 36.1 Å². The zero-order valence-electron chi connectivity index (χ0n) is 14.5. The summed E-state index contributed by atoms with van der Waals surface area (Å²) in [7, 11) is 0. The fourth-order valence-corrected chi connectivity index (χ4v) is 4.08. The minimum Gasteiger partial charge on any atom is -0.357 e. The quantitative estimate of drug-likeness (QED) is 0.832. The van der Waals surface area contributed by atoms with E-state index in [1.165, 1.54) is 75.4 Å². The van der Waals surface area contributed by atoms with Crippen LogP contribution in [0, 0.1) is 12.8 Å². The van der Waals surface area contributed by atoms with Crippen LogP contribution in [0.5, 0.6) is 0 Å². The lowest BCUT2D eigenvalue weighted by Gasteiger charge is -2.30. The Hall–Kier alpha value is -1.09. The summed E-state index contributed by atoms with van der Waals surface area (Å²) in [6.07, 6.45) is 6.61. The van der Waals surface area contributed by atoms with Crippen molar-refractivity contribution in [2.24, 2.45) is 5.92 Å². The van der Waals surface area contributed by atoms with Crippen molar-refractivity contribution in [2.75, 3.05) is 31.1 Å². The summed E-state index contributed by atoms with van der Waals surface area (Å²) >= 11 is 0. The van der Waals surface area contributed by atoms with Crippen molar-refractivity contribution < 1.29 is 0 Å². The standard InChI is InChI=1S/C19H31N3/c1-15(2)14-22-13-7-8-18(22)17-9-10-19(20-16(17)3)21-11-5-4-6-12-21/h9-10,15,18H,4-8,11-14H2,1-3H3. The first kappa shape index (κ1) is 15.8. The Morgan fingerprint density at radius 3 is 2.55 bits per heavy atom. The van der Waals surface area contributed by atoms with E-state index in [4.69, 9.17) is 4.98 Å². The average molecular weight is 301 g/mol. The van der Waals surface area contributed by atoms with Crippen molar-refractivity contribution in [2.45, 2.75) is 58.9 Å². The van der Waals surface area contributed by atoms with Gasteiger partial charge in [-0.25, -0.2) is 4.98 Å². The summed E-state index contributed by atoms with van der Waals surface area (Å²) in [5.74, 6) is 1.93. The van der Waals surface area contributed by atoms with Gasteiger partial charge >= 0.3 is 0 Å². The molecular weight excluding hydrogens is 270 g/mol. The summed E-state index contributed by atoms with van der Waals surface area (Å²) in [6.45, 7) is 11.6. The highest BCUT2D eigenvalue weighted by Crippen LogP contribution is 2.34. The van der Waals surface area contributed by atoms with E-state index in [1.807, 2.05) is 0 Å². The van der Waals surface area contributed by atoms with Crippen LogP contribution >= 0.6 is 0 Å². The number of piperidine rings is 1. The fraction of sp³-hybridized carbons (Fsp3) is 0.737. The van der Waals surface area contributed by atoms with Crippen LogP contribution in [0.3, 0.4) is 0 Å². The number of anilines is 1. The van der Waals surface area contributed by atoms with E-state index in [2.05, 4.69) is 42.7 Å². The number of hydrogen-bond acceptors (Lipinski definition) is 3. The molecule has 2 saturated heterocycles. The molecule has 3 nitrogen and oxygen atoms in total. The molecule has 1 aromatic rings. The maximum absolute atomic E-state index is 4.95. The number of rotatable bonds is 4. The van der Waals surface area contributed by atoms with E-state index in [0.29, 0.717) is 6.04 Å². The Balaban J connectivity index is 1.76. The lowest BCUT2D eigenvalue weighted by molar-refractivity contribution is 0.228. The van der Waals surface area contributed by atoms with Gasteiger partial charge in [0.1, 0.15) is 5.82 Å². The van der Waals surface area contributed by atoms with Crippen LogP contribution in [-0.2, 0) is 0 Å². The molecule has 0 aromatic carbocycles. The van der Waals surface area contributed by atoms with Gasteiger partial charge in [0.05, 0.1) is 0 Å². The second kappa shape index (κ2) is 6.99. The largest absolute Gasteiger partial charge is 0.357 e. The molecule has 3 heteroatoms. The molecule has 0 N–H and O–H groups in total. The first-order valence-corrected chi connectivity index (χ1v) is 9.11. The van der Waals surface area contributed by atoms with Gasteiger partial charge < -0.3 is 4.90 Å². The number of nitrogens with zero attached hydrogens (tertiary/aromatic N) is 3. The Morgan fingerprint density at radius 1 is 1.09 bits per heavy atom. The van der Waals surface area contributed by atoms with Crippen molar-refractivity contribution in [3.05, 3.63) is 23.4 Å². The maximum atomic E-state index is 4.95. The number of hydrogen-bond donors (Lipinski definition) is 0. The molecule has 0 radical (unpaired) electrons. The third-order valence-corrected chi connectivity index (χ3v) is 5.11. The van der Waals surface area contributed by atoms with Crippen molar-refractivity contribution in [1.82, 2.24) is 9.88 Å². The van der Waals surface area contributed by atoms with Gasteiger partial charge in [-0.05, 0) is 63.1 Å². The summed E-state index contributed by atoms with van der Waals surface area (Å²) in [6, 6.07) is 5.21. The number of aryl methyl sites for hydroxylation is 1. The van der Waals surface area contributed by atoms with Crippen LogP contribution < -0.4 is 4.90 Å². The molecule has 0 amide bonds. The van der Waals surface area contributed by atoms with Gasteiger partial charge in [-0.1, -0.05) is 19.9 Å². The van der Waals surface area contributed by atoms with Crippen molar-refractivity contribution in [1.29, 1.82) is 0 Å². The van der Waals surface area contributed by atoms with E-state index < -0.39 is 0 Å². The highest BCUT2D eigenvalue weighted by molar-refractivity contribution is 5.43. The van der Waals surface area contributed by atoms with Gasteiger partial charge in [0.15, 0.2) is 0 Å². The molecular formula is C19H31N3. The van der Waals surface area contributed by atoms with Crippen molar-refractivity contribution in [3.8, 4) is 0 Å². The molecule has 122 valence electrons. The molecule has 3 heterocycles. The summed E-state index contributed by atoms with van der Waals surface area (Å²) in [5, 5.41) is 0. The van der Waals surface area contributed by atoms with E-state index in [9.17, 15) is 0 Å². The minimum absolute atomic E-state index is 0.588. The molecule has 1 aromatic heterocycles. The molecule has 0 spiro atoms. The zero-order chi connectivity index (χ0) is 15.5. The Kier molecular flexibility index (Phi) is 5.02. The smallest absolute Gasteiger partial charge is 0.128 e. The molecule has 1 atom stereocenters. The van der Waals surface area contributed by atoms with E-state index in [0.717, 1.165) is 5.92 Å². The predicted octanol–water partition coefficient (Wildman–Crippen LogP) is 4.17. The average Bonchev–Trinajstić information content (AvgIpc) is 2.95. The maximum Gasteiger partial charge on any atom is 0.128 e. The minimum atomic E-state index is 0.588. The number of aromatic nitrogens is 1. The van der Waals surface area contributed by atoms with Gasteiger partial charge in [-0.3, -0.25) is 4.90 Å². The summed E-state index contributed by atoms with van der Waals surface area (Å²) in [5.41, 5.74) is 2.70. The van der Waals surface area contributed by atoms with Crippen LogP contribution in [0.15, 0.2) is 12.1 Å². The lowest BCUT2D eigenvalue weighted by Crippen LogP contribution is -2.31. The second-order valence-corrected chi connectivity index (χ2v) is 7.44. The van der Waals surface area contributed by atoms with E-state index in [-0.39, 0.29) is 0 Å². The molecule has 0 aliphatic carbocycles.